The molecule has 0 saturated carbocycles. The molecule has 0 unspecified atom stereocenters. The summed E-state index contributed by atoms with van der Waals surface area (Å²) in [6.45, 7) is 1.81. The van der Waals surface area contributed by atoms with E-state index in [1.165, 1.54) is 0 Å². The summed E-state index contributed by atoms with van der Waals surface area (Å²) >= 11 is 6.98. The molecule has 17 heavy (non-hydrogen) atoms. The summed E-state index contributed by atoms with van der Waals surface area (Å²) in [4.78, 5) is 10.5. The van der Waals surface area contributed by atoms with Crippen molar-refractivity contribution in [3.8, 4) is 11.8 Å². The van der Waals surface area contributed by atoms with Gasteiger partial charge < -0.3 is 5.11 Å². The Morgan fingerprint density at radius 2 is 1.94 bits per heavy atom. The molecule has 0 amide bonds. The topological polar surface area (TPSA) is 37.3 Å². The quantitative estimate of drug-likeness (QED) is 0.830. The molecule has 1 N–H and O–H groups in total. The van der Waals surface area contributed by atoms with Gasteiger partial charge in [-0.25, -0.2) is 0 Å². The molecule has 0 atom stereocenters. The molecule has 0 saturated heterocycles. The number of hydrogen-bond acceptors (Lipinski definition) is 1. The summed E-state index contributed by atoms with van der Waals surface area (Å²) < 4.78 is 1.94. The number of rotatable bonds is 4. The molecule has 0 aliphatic carbocycles. The Hall–Kier alpha value is -0.790. The number of aryl methyl sites for hydroxylation is 1. The van der Waals surface area contributed by atoms with Gasteiger partial charge in [-0.05, 0) is 36.6 Å². The predicted octanol–water partition coefficient (Wildman–Crippen LogP) is 3.79. The molecule has 2 nitrogen and oxygen atoms in total. The lowest BCUT2D eigenvalue weighted by Gasteiger charge is -2.07. The molecule has 0 aromatic heterocycles. The summed E-state index contributed by atoms with van der Waals surface area (Å²) in [6, 6.07) is 3.92. The summed E-state index contributed by atoms with van der Waals surface area (Å²) in [7, 11) is 0. The van der Waals surface area contributed by atoms with Gasteiger partial charge in [0.1, 0.15) is 0 Å². The van der Waals surface area contributed by atoms with Crippen molar-refractivity contribution in [3.05, 3.63) is 32.2 Å². The van der Waals surface area contributed by atoms with Crippen LogP contribution in [0.25, 0.3) is 0 Å². The third kappa shape index (κ3) is 4.53. The molecule has 4 heteroatoms. The average Bonchev–Trinajstić information content (AvgIpc) is 2.25. The second-order valence-electron chi connectivity index (χ2n) is 3.54. The van der Waals surface area contributed by atoms with Crippen LogP contribution in [0.15, 0.2) is 21.1 Å². The molecule has 0 heterocycles. The maximum Gasteiger partial charge on any atom is 0.303 e. The molecule has 0 bridgehead atoms. The van der Waals surface area contributed by atoms with Crippen molar-refractivity contribution in [3.63, 3.8) is 0 Å². The Kier molecular flexibility index (Phi) is 5.73. The summed E-state index contributed by atoms with van der Waals surface area (Å²) in [5, 5.41) is 8.64. The minimum atomic E-state index is -0.779. The van der Waals surface area contributed by atoms with Gasteiger partial charge >= 0.3 is 5.97 Å². The van der Waals surface area contributed by atoms with Crippen LogP contribution in [-0.2, 0) is 17.6 Å². The van der Waals surface area contributed by atoms with E-state index in [1.807, 2.05) is 19.1 Å². The third-order valence-corrected chi connectivity index (χ3v) is 3.69. The first-order chi connectivity index (χ1) is 8.04. The van der Waals surface area contributed by atoms with Crippen LogP contribution in [-0.4, -0.2) is 11.1 Å². The van der Waals surface area contributed by atoms with Gasteiger partial charge in [-0.1, -0.05) is 37.8 Å². The molecule has 1 aromatic carbocycles. The van der Waals surface area contributed by atoms with Crippen LogP contribution in [0.4, 0.5) is 0 Å². The van der Waals surface area contributed by atoms with E-state index in [9.17, 15) is 4.79 Å². The molecule has 0 spiro atoms. The first-order valence-corrected chi connectivity index (χ1v) is 6.71. The van der Waals surface area contributed by atoms with Crippen molar-refractivity contribution in [2.45, 2.75) is 26.2 Å². The fourth-order valence-electron chi connectivity index (χ4n) is 1.40. The van der Waals surface area contributed by atoms with Gasteiger partial charge in [0.05, 0.1) is 0 Å². The van der Waals surface area contributed by atoms with Gasteiger partial charge in [-0.15, -0.1) is 5.92 Å². The van der Waals surface area contributed by atoms with E-state index in [4.69, 9.17) is 5.11 Å². The van der Waals surface area contributed by atoms with Gasteiger partial charge in [0.15, 0.2) is 0 Å². The maximum atomic E-state index is 10.5. The van der Waals surface area contributed by atoms with Crippen LogP contribution < -0.4 is 0 Å². The van der Waals surface area contributed by atoms with Crippen LogP contribution in [0, 0.1) is 11.8 Å². The van der Waals surface area contributed by atoms with Crippen molar-refractivity contribution < 1.29 is 9.90 Å². The zero-order valence-corrected chi connectivity index (χ0v) is 12.6. The first-order valence-electron chi connectivity index (χ1n) is 5.12. The third-order valence-electron chi connectivity index (χ3n) is 2.27. The monoisotopic (exact) mass is 358 g/mol. The van der Waals surface area contributed by atoms with Crippen molar-refractivity contribution >= 4 is 37.8 Å². The standard InChI is InChI=1S/C13H12Br2O2/c1-2-3-4-10-11(14)7-9(8-12(10)15)5-6-13(16)17/h7-8H,4-6H2,1H3,(H,16,17). The number of carboxylic acid groups (broad SMARTS) is 1. The Balaban J connectivity index is 2.91. The number of aliphatic carboxylic acids is 1. The Bertz CT molecular complexity index is 461. The highest BCUT2D eigenvalue weighted by atomic mass is 79.9. The highest BCUT2D eigenvalue weighted by Gasteiger charge is 2.07. The van der Waals surface area contributed by atoms with E-state index in [1.54, 1.807) is 0 Å². The van der Waals surface area contributed by atoms with E-state index in [0.29, 0.717) is 12.8 Å². The van der Waals surface area contributed by atoms with Crippen molar-refractivity contribution in [1.82, 2.24) is 0 Å². The fraction of sp³-hybridized carbons (Fsp3) is 0.308. The van der Waals surface area contributed by atoms with E-state index >= 15 is 0 Å². The summed E-state index contributed by atoms with van der Waals surface area (Å²) in [5.41, 5.74) is 2.10. The molecule has 0 radical (unpaired) electrons. The minimum Gasteiger partial charge on any atom is -0.481 e. The Morgan fingerprint density at radius 3 is 2.41 bits per heavy atom. The van der Waals surface area contributed by atoms with Gasteiger partial charge in [-0.2, -0.15) is 0 Å². The highest BCUT2D eigenvalue weighted by Crippen LogP contribution is 2.28. The summed E-state index contributed by atoms with van der Waals surface area (Å²) in [6.07, 6.45) is 1.36. The lowest BCUT2D eigenvalue weighted by atomic mass is 10.1. The second-order valence-corrected chi connectivity index (χ2v) is 5.24. The minimum absolute atomic E-state index is 0.146. The lowest BCUT2D eigenvalue weighted by Crippen LogP contribution is -1.98. The van der Waals surface area contributed by atoms with Crippen LogP contribution in [0.1, 0.15) is 24.5 Å². The smallest absolute Gasteiger partial charge is 0.303 e. The molecular formula is C13H12Br2O2. The van der Waals surface area contributed by atoms with Crippen LogP contribution >= 0.6 is 31.9 Å². The van der Waals surface area contributed by atoms with Crippen LogP contribution in [0.2, 0.25) is 0 Å². The van der Waals surface area contributed by atoms with Gasteiger partial charge in [0.2, 0.25) is 0 Å². The van der Waals surface area contributed by atoms with E-state index in [-0.39, 0.29) is 6.42 Å². The van der Waals surface area contributed by atoms with Crippen molar-refractivity contribution in [2.24, 2.45) is 0 Å². The Labute approximate surface area is 118 Å². The zero-order chi connectivity index (χ0) is 12.8. The first kappa shape index (κ1) is 14.3. The SMILES string of the molecule is CC#CCc1c(Br)cc(CCC(=O)O)cc1Br. The average molecular weight is 360 g/mol. The Morgan fingerprint density at radius 1 is 1.35 bits per heavy atom. The van der Waals surface area contributed by atoms with Gasteiger partial charge in [0, 0.05) is 21.8 Å². The molecule has 1 rings (SSSR count). The van der Waals surface area contributed by atoms with Crippen molar-refractivity contribution in [1.29, 1.82) is 0 Å². The molecular weight excluding hydrogens is 348 g/mol. The van der Waals surface area contributed by atoms with Gasteiger partial charge in [0.25, 0.3) is 0 Å². The molecule has 0 fully saturated rings. The number of benzene rings is 1. The number of hydrogen-bond donors (Lipinski definition) is 1. The van der Waals surface area contributed by atoms with E-state index in [0.717, 1.165) is 20.1 Å². The zero-order valence-electron chi connectivity index (χ0n) is 9.39. The lowest BCUT2D eigenvalue weighted by molar-refractivity contribution is -0.136. The molecule has 0 aliphatic heterocycles. The summed E-state index contributed by atoms with van der Waals surface area (Å²) in [5.74, 6) is 5.09. The maximum absolute atomic E-state index is 10.5. The highest BCUT2D eigenvalue weighted by molar-refractivity contribution is 9.11. The van der Waals surface area contributed by atoms with Gasteiger partial charge in [-0.3, -0.25) is 4.79 Å². The normalized spacial score (nSPS) is 9.59. The van der Waals surface area contributed by atoms with Crippen LogP contribution in [0.3, 0.4) is 0 Å². The molecule has 90 valence electrons. The predicted molar refractivity (Wildman–Crippen MR) is 75.0 cm³/mol. The fourth-order valence-corrected chi connectivity index (χ4v) is 2.96. The second kappa shape index (κ2) is 6.83. The van der Waals surface area contributed by atoms with E-state index < -0.39 is 5.97 Å². The largest absolute Gasteiger partial charge is 0.481 e. The van der Waals surface area contributed by atoms with Crippen LogP contribution in [0.5, 0.6) is 0 Å². The number of carboxylic acids is 1. The molecule has 1 aromatic rings. The van der Waals surface area contributed by atoms with E-state index in [2.05, 4.69) is 43.7 Å². The number of carbonyl (C=O) groups is 1. The molecule has 0 aliphatic rings. The number of halogens is 2. The van der Waals surface area contributed by atoms with Crippen molar-refractivity contribution in [2.75, 3.05) is 0 Å².